The molecule has 0 spiro atoms. The Morgan fingerprint density at radius 2 is 2.29 bits per heavy atom. The van der Waals surface area contributed by atoms with Gasteiger partial charge in [-0.3, -0.25) is 4.98 Å². The molecule has 21 heavy (non-hydrogen) atoms. The van der Waals surface area contributed by atoms with Crippen LogP contribution >= 0.6 is 15.9 Å². The van der Waals surface area contributed by atoms with Crippen LogP contribution < -0.4 is 5.32 Å². The average Bonchev–Trinajstić information content (AvgIpc) is 2.50. The van der Waals surface area contributed by atoms with Gasteiger partial charge in [-0.1, -0.05) is 31.9 Å². The summed E-state index contributed by atoms with van der Waals surface area (Å²) < 4.78 is 5.82. The Labute approximate surface area is 133 Å². The van der Waals surface area contributed by atoms with E-state index in [9.17, 15) is 4.79 Å². The predicted molar refractivity (Wildman–Crippen MR) is 88.4 cm³/mol. The van der Waals surface area contributed by atoms with Crippen molar-refractivity contribution >= 4 is 38.5 Å². The number of methoxy groups -OCH3 is 1. The predicted octanol–water partition coefficient (Wildman–Crippen LogP) is 4.14. The third kappa shape index (κ3) is 3.94. The molecule has 0 aliphatic heterocycles. The van der Waals surface area contributed by atoms with Crippen molar-refractivity contribution in [3.8, 4) is 0 Å². The molecular weight excluding hydrogens is 332 g/mol. The summed E-state index contributed by atoms with van der Waals surface area (Å²) >= 11 is 3.42. The van der Waals surface area contributed by atoms with Crippen LogP contribution in [0.5, 0.6) is 0 Å². The molecule has 4 nitrogen and oxygen atoms in total. The van der Waals surface area contributed by atoms with E-state index in [1.54, 1.807) is 6.20 Å². The lowest BCUT2D eigenvalue weighted by molar-refractivity contribution is -0.141. The van der Waals surface area contributed by atoms with Crippen LogP contribution in [0.4, 0.5) is 5.69 Å². The quantitative estimate of drug-likeness (QED) is 0.795. The van der Waals surface area contributed by atoms with Crippen molar-refractivity contribution in [2.75, 3.05) is 12.4 Å². The van der Waals surface area contributed by atoms with Gasteiger partial charge in [-0.15, -0.1) is 0 Å². The number of ether oxygens (including phenoxy) is 1. The van der Waals surface area contributed by atoms with E-state index < -0.39 is 0 Å². The number of nitrogens with one attached hydrogen (secondary N) is 1. The molecule has 1 aromatic carbocycles. The summed E-state index contributed by atoms with van der Waals surface area (Å²) in [6.07, 6.45) is 4.51. The minimum absolute atomic E-state index is 0.238. The van der Waals surface area contributed by atoms with Crippen molar-refractivity contribution < 1.29 is 9.53 Å². The fourth-order valence-electron chi connectivity index (χ4n) is 2.24. The highest BCUT2D eigenvalue weighted by Crippen LogP contribution is 2.25. The van der Waals surface area contributed by atoms with Crippen molar-refractivity contribution in [2.24, 2.45) is 0 Å². The molecule has 0 aliphatic carbocycles. The Bertz CT molecular complexity index is 631. The van der Waals surface area contributed by atoms with Crippen molar-refractivity contribution in [3.63, 3.8) is 0 Å². The maximum atomic E-state index is 11.9. The van der Waals surface area contributed by atoms with Crippen molar-refractivity contribution in [1.82, 2.24) is 4.98 Å². The number of rotatable bonds is 6. The molecule has 2 rings (SSSR count). The molecular formula is C16H19BrN2O2. The van der Waals surface area contributed by atoms with Gasteiger partial charge in [0.15, 0.2) is 0 Å². The van der Waals surface area contributed by atoms with Gasteiger partial charge in [-0.05, 0) is 34.5 Å². The molecule has 112 valence electrons. The molecule has 5 heteroatoms. The number of esters is 1. The number of halogens is 1. The fourth-order valence-corrected chi connectivity index (χ4v) is 2.59. The number of pyridine rings is 1. The largest absolute Gasteiger partial charge is 0.467 e. The lowest BCUT2D eigenvalue weighted by atomic mass is 10.1. The van der Waals surface area contributed by atoms with Crippen molar-refractivity contribution in [1.29, 1.82) is 0 Å². The molecule has 0 amide bonds. The Kier molecular flexibility index (Phi) is 5.56. The van der Waals surface area contributed by atoms with Gasteiger partial charge in [0, 0.05) is 16.1 Å². The Hall–Kier alpha value is -1.62. The number of carbonyl (C=O) groups is 1. The van der Waals surface area contributed by atoms with Gasteiger partial charge in [0.1, 0.15) is 6.04 Å². The molecule has 0 saturated carbocycles. The summed E-state index contributed by atoms with van der Waals surface area (Å²) in [4.78, 5) is 16.3. The molecule has 0 bridgehead atoms. The summed E-state index contributed by atoms with van der Waals surface area (Å²) in [5, 5.41) is 4.30. The Balaban J connectivity index is 2.29. The van der Waals surface area contributed by atoms with Crippen molar-refractivity contribution in [2.45, 2.75) is 32.2 Å². The van der Waals surface area contributed by atoms with Crippen molar-refractivity contribution in [3.05, 3.63) is 34.9 Å². The zero-order chi connectivity index (χ0) is 15.2. The van der Waals surface area contributed by atoms with E-state index in [2.05, 4.69) is 33.2 Å². The van der Waals surface area contributed by atoms with Crippen LogP contribution in [0.25, 0.3) is 10.9 Å². The van der Waals surface area contributed by atoms with E-state index in [4.69, 9.17) is 4.74 Å². The second-order valence-electron chi connectivity index (χ2n) is 4.89. The van der Waals surface area contributed by atoms with Crippen LogP contribution in [-0.2, 0) is 9.53 Å². The fraction of sp³-hybridized carbons (Fsp3) is 0.375. The zero-order valence-corrected chi connectivity index (χ0v) is 13.8. The number of fused-ring (bicyclic) bond motifs is 1. The molecule has 0 radical (unpaired) electrons. The summed E-state index contributed by atoms with van der Waals surface area (Å²) in [7, 11) is 1.42. The number of para-hydroxylation sites is 1. The van der Waals surface area contributed by atoms with E-state index in [0.29, 0.717) is 0 Å². The number of benzene rings is 1. The number of anilines is 1. The molecule has 2 aromatic rings. The first-order valence-corrected chi connectivity index (χ1v) is 7.83. The highest BCUT2D eigenvalue weighted by Gasteiger charge is 2.19. The Morgan fingerprint density at radius 3 is 3.00 bits per heavy atom. The Morgan fingerprint density at radius 1 is 1.48 bits per heavy atom. The first-order valence-electron chi connectivity index (χ1n) is 7.04. The van der Waals surface area contributed by atoms with Gasteiger partial charge in [-0.25, -0.2) is 4.79 Å². The van der Waals surface area contributed by atoms with Gasteiger partial charge in [0.05, 0.1) is 18.3 Å². The third-order valence-corrected chi connectivity index (χ3v) is 3.77. The summed E-state index contributed by atoms with van der Waals surface area (Å²) in [5.74, 6) is -0.238. The smallest absolute Gasteiger partial charge is 0.328 e. The third-order valence-electron chi connectivity index (χ3n) is 3.34. The summed E-state index contributed by atoms with van der Waals surface area (Å²) in [6, 6.07) is 7.55. The van der Waals surface area contributed by atoms with Gasteiger partial charge in [-0.2, -0.15) is 0 Å². The number of carbonyl (C=O) groups excluding carboxylic acids is 1. The average molecular weight is 351 g/mol. The lowest BCUT2D eigenvalue weighted by Gasteiger charge is -2.18. The summed E-state index contributed by atoms with van der Waals surface area (Å²) in [6.45, 7) is 2.10. The lowest BCUT2D eigenvalue weighted by Crippen LogP contribution is -2.30. The van der Waals surface area contributed by atoms with E-state index in [0.717, 1.165) is 40.3 Å². The van der Waals surface area contributed by atoms with Gasteiger partial charge in [0.2, 0.25) is 0 Å². The van der Waals surface area contributed by atoms with Gasteiger partial charge >= 0.3 is 5.97 Å². The number of nitrogens with zero attached hydrogens (tertiary/aromatic N) is 1. The highest BCUT2D eigenvalue weighted by atomic mass is 79.9. The van der Waals surface area contributed by atoms with Crippen LogP contribution in [0, 0.1) is 0 Å². The number of hydrogen-bond donors (Lipinski definition) is 1. The SMILES string of the molecule is CCCCC(Nc1cccc2cc(Br)cnc12)C(=O)OC. The monoisotopic (exact) mass is 350 g/mol. The maximum Gasteiger partial charge on any atom is 0.328 e. The minimum Gasteiger partial charge on any atom is -0.467 e. The molecule has 1 aromatic heterocycles. The van der Waals surface area contributed by atoms with Crippen LogP contribution in [0.2, 0.25) is 0 Å². The molecule has 1 heterocycles. The van der Waals surface area contributed by atoms with Crippen LogP contribution in [0.1, 0.15) is 26.2 Å². The van der Waals surface area contributed by atoms with Crippen LogP contribution in [0.15, 0.2) is 34.9 Å². The second-order valence-corrected chi connectivity index (χ2v) is 5.81. The minimum atomic E-state index is -0.342. The van der Waals surface area contributed by atoms with E-state index in [1.807, 2.05) is 24.3 Å². The maximum absolute atomic E-state index is 11.9. The first kappa shape index (κ1) is 15.8. The molecule has 1 atom stereocenters. The molecule has 1 N–H and O–H groups in total. The number of unbranched alkanes of at least 4 members (excludes halogenated alkanes) is 1. The summed E-state index contributed by atoms with van der Waals surface area (Å²) in [5.41, 5.74) is 1.71. The standard InChI is InChI=1S/C16H19BrN2O2/c1-3-4-7-14(16(20)21-2)19-13-8-5-6-11-9-12(17)10-18-15(11)13/h5-6,8-10,14,19H,3-4,7H2,1-2H3. The molecule has 0 fully saturated rings. The van der Waals surface area contributed by atoms with Crippen LogP contribution in [0.3, 0.4) is 0 Å². The van der Waals surface area contributed by atoms with Gasteiger partial charge in [0.25, 0.3) is 0 Å². The molecule has 0 saturated heterocycles. The number of hydrogen-bond acceptors (Lipinski definition) is 4. The van der Waals surface area contributed by atoms with Gasteiger partial charge < -0.3 is 10.1 Å². The normalized spacial score (nSPS) is 12.1. The number of aromatic nitrogens is 1. The van der Waals surface area contributed by atoms with E-state index in [-0.39, 0.29) is 12.0 Å². The molecule has 0 aliphatic rings. The first-order chi connectivity index (χ1) is 10.2. The molecule has 1 unspecified atom stereocenters. The van der Waals surface area contributed by atoms with E-state index in [1.165, 1.54) is 7.11 Å². The van der Waals surface area contributed by atoms with E-state index >= 15 is 0 Å². The zero-order valence-electron chi connectivity index (χ0n) is 12.2. The topological polar surface area (TPSA) is 51.2 Å². The van der Waals surface area contributed by atoms with Crippen LogP contribution in [-0.4, -0.2) is 24.1 Å². The second kappa shape index (κ2) is 7.41. The highest BCUT2D eigenvalue weighted by molar-refractivity contribution is 9.10.